The van der Waals surface area contributed by atoms with Gasteiger partial charge in [0.05, 0.1) is 18.5 Å². The van der Waals surface area contributed by atoms with Gasteiger partial charge in [-0.15, -0.1) is 0 Å². The van der Waals surface area contributed by atoms with Gasteiger partial charge >= 0.3 is 0 Å². The molecule has 0 aliphatic carbocycles. The van der Waals surface area contributed by atoms with Gasteiger partial charge in [-0.1, -0.05) is 0 Å². The summed E-state index contributed by atoms with van der Waals surface area (Å²) >= 11 is 0. The Bertz CT molecular complexity index is 405. The first-order valence-electron chi connectivity index (χ1n) is 5.00. The van der Waals surface area contributed by atoms with Crippen LogP contribution in [0.2, 0.25) is 0 Å². The van der Waals surface area contributed by atoms with Gasteiger partial charge in [-0.3, -0.25) is 0 Å². The molecule has 0 radical (unpaired) electrons. The molecule has 1 heterocycles. The normalized spacial score (nSPS) is 10.1. The summed E-state index contributed by atoms with van der Waals surface area (Å²) in [6.45, 7) is 0.413. The van der Waals surface area contributed by atoms with Crippen LogP contribution in [0.15, 0.2) is 36.4 Å². The number of nitrogens with zero attached hydrogens (tertiary/aromatic N) is 2. The molecule has 0 atom stereocenters. The summed E-state index contributed by atoms with van der Waals surface area (Å²) in [5.74, 6) is 0.829. The Morgan fingerprint density at radius 3 is 2.31 bits per heavy atom. The minimum Gasteiger partial charge on any atom is -0.497 e. The third kappa shape index (κ3) is 2.17. The lowest BCUT2D eigenvalue weighted by Gasteiger charge is -2.02. The second-order valence-electron chi connectivity index (χ2n) is 3.34. The standard InChI is InChI=1S/C12H13N3O/c1-16-11-5-2-9(3-6-11)12-7-4-10(8-13)14-15-12/h2-7H,8,13H2,1H3. The molecule has 0 saturated carbocycles. The first kappa shape index (κ1) is 10.6. The zero-order valence-corrected chi connectivity index (χ0v) is 9.05. The molecule has 1 aromatic heterocycles. The van der Waals surface area contributed by atoms with Crippen LogP contribution in [-0.4, -0.2) is 17.3 Å². The summed E-state index contributed by atoms with van der Waals surface area (Å²) in [5, 5.41) is 8.11. The van der Waals surface area contributed by atoms with E-state index in [1.807, 2.05) is 36.4 Å². The number of rotatable bonds is 3. The second-order valence-corrected chi connectivity index (χ2v) is 3.34. The smallest absolute Gasteiger partial charge is 0.118 e. The third-order valence-electron chi connectivity index (χ3n) is 2.31. The molecule has 2 aromatic rings. The number of benzene rings is 1. The number of methoxy groups -OCH3 is 1. The summed E-state index contributed by atoms with van der Waals surface area (Å²) < 4.78 is 5.09. The van der Waals surface area contributed by atoms with Crippen LogP contribution in [0.3, 0.4) is 0 Å². The van der Waals surface area contributed by atoms with Crippen LogP contribution in [-0.2, 0) is 6.54 Å². The Kier molecular flexibility index (Phi) is 3.12. The van der Waals surface area contributed by atoms with Crippen LogP contribution in [0.25, 0.3) is 11.3 Å². The Morgan fingerprint density at radius 2 is 1.81 bits per heavy atom. The summed E-state index contributed by atoms with van der Waals surface area (Å²) in [5.41, 5.74) is 8.09. The maximum absolute atomic E-state index is 5.46. The molecule has 4 nitrogen and oxygen atoms in total. The van der Waals surface area contributed by atoms with Gasteiger partial charge < -0.3 is 10.5 Å². The summed E-state index contributed by atoms with van der Waals surface area (Å²) in [6.07, 6.45) is 0. The van der Waals surface area contributed by atoms with Gasteiger partial charge in [-0.25, -0.2) is 0 Å². The second kappa shape index (κ2) is 4.72. The molecule has 0 fully saturated rings. The molecule has 2 N–H and O–H groups in total. The van der Waals surface area contributed by atoms with Gasteiger partial charge in [0.1, 0.15) is 5.75 Å². The third-order valence-corrected chi connectivity index (χ3v) is 2.31. The van der Waals surface area contributed by atoms with Crippen LogP contribution < -0.4 is 10.5 Å². The average molecular weight is 215 g/mol. The average Bonchev–Trinajstić information content (AvgIpc) is 2.39. The van der Waals surface area contributed by atoms with Crippen molar-refractivity contribution in [3.05, 3.63) is 42.1 Å². The highest BCUT2D eigenvalue weighted by molar-refractivity contribution is 5.59. The van der Waals surface area contributed by atoms with E-state index >= 15 is 0 Å². The van der Waals surface area contributed by atoms with Gasteiger partial charge in [0.15, 0.2) is 0 Å². The van der Waals surface area contributed by atoms with Crippen molar-refractivity contribution in [1.29, 1.82) is 0 Å². The summed E-state index contributed by atoms with van der Waals surface area (Å²) in [4.78, 5) is 0. The zero-order valence-electron chi connectivity index (χ0n) is 9.05. The lowest BCUT2D eigenvalue weighted by molar-refractivity contribution is 0.415. The Labute approximate surface area is 94.1 Å². The van der Waals surface area contributed by atoms with E-state index in [9.17, 15) is 0 Å². The zero-order chi connectivity index (χ0) is 11.4. The van der Waals surface area contributed by atoms with Gasteiger partial charge in [0.2, 0.25) is 0 Å². The molecule has 82 valence electrons. The first-order valence-corrected chi connectivity index (χ1v) is 5.00. The fourth-order valence-electron chi connectivity index (χ4n) is 1.38. The topological polar surface area (TPSA) is 61.0 Å². The molecule has 4 heteroatoms. The molecule has 0 bridgehead atoms. The van der Waals surface area contributed by atoms with Gasteiger partial charge in [-0.05, 0) is 36.4 Å². The van der Waals surface area contributed by atoms with Crippen molar-refractivity contribution in [1.82, 2.24) is 10.2 Å². The molecule has 1 aromatic carbocycles. The molecule has 16 heavy (non-hydrogen) atoms. The van der Waals surface area contributed by atoms with Crippen molar-refractivity contribution in [3.8, 4) is 17.0 Å². The minimum atomic E-state index is 0.413. The molecular weight excluding hydrogens is 202 g/mol. The number of nitrogens with two attached hydrogens (primary N) is 1. The monoisotopic (exact) mass is 215 g/mol. The molecule has 0 aliphatic heterocycles. The maximum atomic E-state index is 5.46. The number of ether oxygens (including phenoxy) is 1. The van der Waals surface area contributed by atoms with Crippen LogP contribution in [0.5, 0.6) is 5.75 Å². The van der Waals surface area contributed by atoms with E-state index in [1.165, 1.54) is 0 Å². The molecule has 0 spiro atoms. The van der Waals surface area contributed by atoms with E-state index in [-0.39, 0.29) is 0 Å². The summed E-state index contributed by atoms with van der Waals surface area (Å²) in [7, 11) is 1.64. The molecule has 0 unspecified atom stereocenters. The predicted molar refractivity (Wildman–Crippen MR) is 61.9 cm³/mol. The SMILES string of the molecule is COc1ccc(-c2ccc(CN)nn2)cc1. The van der Waals surface area contributed by atoms with Gasteiger partial charge in [0, 0.05) is 12.1 Å². The van der Waals surface area contributed by atoms with Crippen molar-refractivity contribution in [3.63, 3.8) is 0 Å². The Morgan fingerprint density at radius 1 is 1.06 bits per heavy atom. The van der Waals surface area contributed by atoms with E-state index in [0.29, 0.717) is 6.54 Å². The molecule has 0 saturated heterocycles. The fraction of sp³-hybridized carbons (Fsp3) is 0.167. The molecule has 0 aliphatic rings. The van der Waals surface area contributed by atoms with Crippen molar-refractivity contribution >= 4 is 0 Å². The summed E-state index contributed by atoms with van der Waals surface area (Å²) in [6, 6.07) is 11.5. The molecular formula is C12H13N3O. The predicted octanol–water partition coefficient (Wildman–Crippen LogP) is 1.61. The first-order chi connectivity index (χ1) is 7.83. The van der Waals surface area contributed by atoms with Crippen LogP contribution >= 0.6 is 0 Å². The highest BCUT2D eigenvalue weighted by atomic mass is 16.5. The Balaban J connectivity index is 2.28. The van der Waals surface area contributed by atoms with Crippen molar-refractivity contribution in [2.75, 3.05) is 7.11 Å². The van der Waals surface area contributed by atoms with E-state index < -0.39 is 0 Å². The number of aromatic nitrogens is 2. The van der Waals surface area contributed by atoms with E-state index in [1.54, 1.807) is 7.11 Å². The Hall–Kier alpha value is -1.94. The number of hydrogen-bond acceptors (Lipinski definition) is 4. The van der Waals surface area contributed by atoms with Crippen LogP contribution in [0, 0.1) is 0 Å². The van der Waals surface area contributed by atoms with Crippen molar-refractivity contribution in [2.45, 2.75) is 6.54 Å². The number of hydrogen-bond donors (Lipinski definition) is 1. The lowest BCUT2D eigenvalue weighted by atomic mass is 10.1. The lowest BCUT2D eigenvalue weighted by Crippen LogP contribution is -2.01. The highest BCUT2D eigenvalue weighted by Gasteiger charge is 2.00. The van der Waals surface area contributed by atoms with Crippen molar-refractivity contribution in [2.24, 2.45) is 5.73 Å². The molecule has 2 rings (SSSR count). The van der Waals surface area contributed by atoms with E-state index in [0.717, 1.165) is 22.7 Å². The largest absolute Gasteiger partial charge is 0.497 e. The van der Waals surface area contributed by atoms with Crippen LogP contribution in [0.1, 0.15) is 5.69 Å². The van der Waals surface area contributed by atoms with Crippen molar-refractivity contribution < 1.29 is 4.74 Å². The quantitative estimate of drug-likeness (QED) is 0.845. The van der Waals surface area contributed by atoms with Gasteiger partial charge in [0.25, 0.3) is 0 Å². The fourth-order valence-corrected chi connectivity index (χ4v) is 1.38. The van der Waals surface area contributed by atoms with E-state index in [2.05, 4.69) is 10.2 Å². The minimum absolute atomic E-state index is 0.413. The highest BCUT2D eigenvalue weighted by Crippen LogP contribution is 2.19. The molecule has 0 amide bonds. The van der Waals surface area contributed by atoms with Gasteiger partial charge in [-0.2, -0.15) is 10.2 Å². The van der Waals surface area contributed by atoms with Crippen LogP contribution in [0.4, 0.5) is 0 Å². The van der Waals surface area contributed by atoms with E-state index in [4.69, 9.17) is 10.5 Å². The maximum Gasteiger partial charge on any atom is 0.118 e.